The summed E-state index contributed by atoms with van der Waals surface area (Å²) < 4.78 is 0. The number of fused-ring (bicyclic) bond motifs is 1. The lowest BCUT2D eigenvalue weighted by atomic mass is 10.1. The van der Waals surface area contributed by atoms with Gasteiger partial charge in [-0.2, -0.15) is 0 Å². The number of nitrogens with one attached hydrogen (secondary N) is 1. The van der Waals surface area contributed by atoms with Gasteiger partial charge in [-0.1, -0.05) is 6.42 Å². The number of aryl methyl sites for hydroxylation is 2. The van der Waals surface area contributed by atoms with Crippen molar-refractivity contribution in [2.24, 2.45) is 5.92 Å². The fourth-order valence-electron chi connectivity index (χ4n) is 3.30. The lowest BCUT2D eigenvalue weighted by molar-refractivity contribution is 0.0951. The third-order valence-electron chi connectivity index (χ3n) is 4.51. The van der Waals surface area contributed by atoms with Crippen molar-refractivity contribution in [3.63, 3.8) is 0 Å². The van der Waals surface area contributed by atoms with Crippen LogP contribution < -0.4 is 5.32 Å². The normalized spacial score (nSPS) is 23.4. The Hall–Kier alpha value is -0.870. The highest BCUT2D eigenvalue weighted by atomic mass is 32.1. The van der Waals surface area contributed by atoms with Crippen LogP contribution in [0.1, 0.15) is 45.8 Å². The summed E-state index contributed by atoms with van der Waals surface area (Å²) >= 11 is 1.72. The molecule has 1 aliphatic heterocycles. The largest absolute Gasteiger partial charge is 0.351 e. The fourth-order valence-corrected chi connectivity index (χ4v) is 4.47. The van der Waals surface area contributed by atoms with E-state index in [1.54, 1.807) is 11.3 Å². The van der Waals surface area contributed by atoms with Crippen LogP contribution in [0.4, 0.5) is 0 Å². The summed E-state index contributed by atoms with van der Waals surface area (Å²) in [7, 11) is 2.15. The first-order valence-corrected chi connectivity index (χ1v) is 8.62. The highest BCUT2D eigenvalue weighted by Gasteiger charge is 2.21. The molecule has 3 rings (SSSR count). The summed E-state index contributed by atoms with van der Waals surface area (Å²) in [6.07, 6.45) is 7.42. The fraction of sp³-hybridized carbons (Fsp3) is 0.688. The second-order valence-corrected chi connectivity index (χ2v) is 7.38. The maximum atomic E-state index is 12.3. The second kappa shape index (κ2) is 6.27. The summed E-state index contributed by atoms with van der Waals surface area (Å²) in [4.78, 5) is 17.0. The third kappa shape index (κ3) is 3.23. The number of likely N-dealkylation sites (tertiary alicyclic amines) is 1. The molecule has 0 saturated carbocycles. The van der Waals surface area contributed by atoms with Crippen LogP contribution in [0.3, 0.4) is 0 Å². The number of carbonyl (C=O) groups is 1. The van der Waals surface area contributed by atoms with Crippen LogP contribution >= 0.6 is 11.3 Å². The molecule has 2 heterocycles. The lowest BCUT2D eigenvalue weighted by Gasteiger charge is -2.11. The van der Waals surface area contributed by atoms with Crippen LogP contribution in [0.5, 0.6) is 0 Å². The first-order valence-electron chi connectivity index (χ1n) is 7.80. The van der Waals surface area contributed by atoms with E-state index in [1.165, 1.54) is 42.5 Å². The van der Waals surface area contributed by atoms with Crippen molar-refractivity contribution in [1.29, 1.82) is 0 Å². The van der Waals surface area contributed by atoms with Gasteiger partial charge >= 0.3 is 0 Å². The third-order valence-corrected chi connectivity index (χ3v) is 5.75. The van der Waals surface area contributed by atoms with Crippen molar-refractivity contribution in [2.45, 2.75) is 38.5 Å². The van der Waals surface area contributed by atoms with Gasteiger partial charge in [0, 0.05) is 18.0 Å². The standard InChI is InChI=1S/C16H24N2OS/c1-18-8-7-12(11-18)10-17-16(19)15-9-13-5-3-2-4-6-14(13)20-15/h9,12H,2-8,10-11H2,1H3,(H,17,19)/t12-/m0/s1. The van der Waals surface area contributed by atoms with Crippen molar-refractivity contribution in [3.8, 4) is 0 Å². The summed E-state index contributed by atoms with van der Waals surface area (Å²) in [6, 6.07) is 2.14. The SMILES string of the molecule is CN1CC[C@@H](CNC(=O)c2cc3c(s2)CCCCC3)C1. The van der Waals surface area contributed by atoms with E-state index in [-0.39, 0.29) is 5.91 Å². The van der Waals surface area contributed by atoms with Gasteiger partial charge in [0.25, 0.3) is 5.91 Å². The van der Waals surface area contributed by atoms with Crippen LogP contribution in [0.2, 0.25) is 0 Å². The van der Waals surface area contributed by atoms with Gasteiger partial charge in [0.15, 0.2) is 0 Å². The number of thiophene rings is 1. The lowest BCUT2D eigenvalue weighted by Crippen LogP contribution is -2.29. The zero-order chi connectivity index (χ0) is 13.9. The predicted octanol–water partition coefficient (Wildman–Crippen LogP) is 2.70. The van der Waals surface area contributed by atoms with E-state index in [1.807, 2.05) is 0 Å². The average molecular weight is 292 g/mol. The van der Waals surface area contributed by atoms with Gasteiger partial charge in [0.1, 0.15) is 0 Å². The zero-order valence-corrected chi connectivity index (χ0v) is 13.1. The number of nitrogens with zero attached hydrogens (tertiary/aromatic N) is 1. The van der Waals surface area contributed by atoms with Crippen molar-refractivity contribution >= 4 is 17.2 Å². The van der Waals surface area contributed by atoms with Gasteiger partial charge < -0.3 is 10.2 Å². The molecule has 20 heavy (non-hydrogen) atoms. The van der Waals surface area contributed by atoms with Crippen molar-refractivity contribution < 1.29 is 4.79 Å². The molecule has 1 saturated heterocycles. The molecule has 1 fully saturated rings. The Morgan fingerprint density at radius 3 is 3.05 bits per heavy atom. The Kier molecular flexibility index (Phi) is 4.41. The molecule has 0 spiro atoms. The quantitative estimate of drug-likeness (QED) is 0.869. The van der Waals surface area contributed by atoms with E-state index in [2.05, 4.69) is 23.3 Å². The second-order valence-electron chi connectivity index (χ2n) is 6.25. The zero-order valence-electron chi connectivity index (χ0n) is 12.3. The molecule has 2 aliphatic rings. The Bertz CT molecular complexity index is 459. The van der Waals surface area contributed by atoms with Crippen LogP contribution in [0, 0.1) is 5.92 Å². The minimum Gasteiger partial charge on any atom is -0.351 e. The molecule has 1 aliphatic carbocycles. The molecule has 1 amide bonds. The Morgan fingerprint density at radius 1 is 1.40 bits per heavy atom. The number of hydrogen-bond donors (Lipinski definition) is 1. The molecule has 110 valence electrons. The molecule has 4 heteroatoms. The van der Waals surface area contributed by atoms with Crippen LogP contribution in [0.25, 0.3) is 0 Å². The van der Waals surface area contributed by atoms with E-state index in [9.17, 15) is 4.79 Å². The summed E-state index contributed by atoms with van der Waals surface area (Å²) in [5.41, 5.74) is 1.43. The van der Waals surface area contributed by atoms with Crippen molar-refractivity contribution in [1.82, 2.24) is 10.2 Å². The molecule has 1 aromatic heterocycles. The molecule has 0 aromatic carbocycles. The summed E-state index contributed by atoms with van der Waals surface area (Å²) in [5.74, 6) is 0.763. The Morgan fingerprint density at radius 2 is 2.25 bits per heavy atom. The minimum atomic E-state index is 0.137. The van der Waals surface area contributed by atoms with Gasteiger partial charge in [0.2, 0.25) is 0 Å². The highest BCUT2D eigenvalue weighted by molar-refractivity contribution is 7.14. The molecule has 1 aromatic rings. The van der Waals surface area contributed by atoms with Gasteiger partial charge in [-0.3, -0.25) is 4.79 Å². The smallest absolute Gasteiger partial charge is 0.261 e. The van der Waals surface area contributed by atoms with E-state index < -0.39 is 0 Å². The molecule has 0 unspecified atom stereocenters. The van der Waals surface area contributed by atoms with Crippen LogP contribution in [-0.2, 0) is 12.8 Å². The maximum Gasteiger partial charge on any atom is 0.261 e. The first-order chi connectivity index (χ1) is 9.72. The average Bonchev–Trinajstić information content (AvgIpc) is 2.97. The van der Waals surface area contributed by atoms with Crippen LogP contribution in [0.15, 0.2) is 6.07 Å². The van der Waals surface area contributed by atoms with E-state index in [0.717, 1.165) is 30.9 Å². The first kappa shape index (κ1) is 14.1. The molecular formula is C16H24N2OS. The minimum absolute atomic E-state index is 0.137. The Balaban J connectivity index is 1.57. The van der Waals surface area contributed by atoms with Crippen molar-refractivity contribution in [2.75, 3.05) is 26.7 Å². The Labute approximate surface area is 125 Å². The highest BCUT2D eigenvalue weighted by Crippen LogP contribution is 2.29. The number of amides is 1. The number of carbonyl (C=O) groups excluding carboxylic acids is 1. The summed E-state index contributed by atoms with van der Waals surface area (Å²) in [5, 5.41) is 3.13. The van der Waals surface area contributed by atoms with E-state index >= 15 is 0 Å². The number of rotatable bonds is 3. The topological polar surface area (TPSA) is 32.3 Å². The molecule has 0 radical (unpaired) electrons. The maximum absolute atomic E-state index is 12.3. The van der Waals surface area contributed by atoms with Gasteiger partial charge in [-0.05, 0) is 63.2 Å². The monoisotopic (exact) mass is 292 g/mol. The predicted molar refractivity (Wildman–Crippen MR) is 83.5 cm³/mol. The van der Waals surface area contributed by atoms with Gasteiger partial charge in [0.05, 0.1) is 4.88 Å². The molecule has 1 atom stereocenters. The molecule has 1 N–H and O–H groups in total. The van der Waals surface area contributed by atoms with Gasteiger partial charge in [-0.25, -0.2) is 0 Å². The van der Waals surface area contributed by atoms with Gasteiger partial charge in [-0.15, -0.1) is 11.3 Å². The number of hydrogen-bond acceptors (Lipinski definition) is 3. The molecule has 0 bridgehead atoms. The van der Waals surface area contributed by atoms with Crippen LogP contribution in [-0.4, -0.2) is 37.5 Å². The molecule has 3 nitrogen and oxygen atoms in total. The van der Waals surface area contributed by atoms with E-state index in [4.69, 9.17) is 0 Å². The summed E-state index contributed by atoms with van der Waals surface area (Å²) in [6.45, 7) is 3.10. The van der Waals surface area contributed by atoms with Crippen molar-refractivity contribution in [3.05, 3.63) is 21.4 Å². The molecular weight excluding hydrogens is 268 g/mol. The van der Waals surface area contributed by atoms with E-state index in [0.29, 0.717) is 5.92 Å².